The van der Waals surface area contributed by atoms with Gasteiger partial charge >= 0.3 is 5.97 Å². The third-order valence-electron chi connectivity index (χ3n) is 4.76. The minimum absolute atomic E-state index is 0.356. The highest BCUT2D eigenvalue weighted by molar-refractivity contribution is 5.66. The Hall–Kier alpha value is -0.530. The number of unbranched alkanes of at least 4 members (excludes halogenated alkanes) is 12. The van der Waals surface area contributed by atoms with E-state index in [4.69, 9.17) is 5.11 Å². The van der Waals surface area contributed by atoms with Gasteiger partial charge in [0.15, 0.2) is 0 Å². The van der Waals surface area contributed by atoms with E-state index < -0.39 is 5.97 Å². The van der Waals surface area contributed by atoms with Crippen molar-refractivity contribution in [3.63, 3.8) is 0 Å². The normalized spacial score (nSPS) is 12.5. The second-order valence-corrected chi connectivity index (χ2v) is 6.90. The van der Waals surface area contributed by atoms with Crippen LogP contribution in [0.5, 0.6) is 0 Å². The summed E-state index contributed by atoms with van der Waals surface area (Å²) in [6, 6.07) is 0. The van der Waals surface area contributed by atoms with Crippen LogP contribution in [0, 0.1) is 5.92 Å². The van der Waals surface area contributed by atoms with E-state index in [2.05, 4.69) is 13.8 Å². The number of rotatable bonds is 17. The van der Waals surface area contributed by atoms with Crippen LogP contribution >= 0.6 is 0 Å². The van der Waals surface area contributed by atoms with Gasteiger partial charge in [-0.2, -0.15) is 0 Å². The van der Waals surface area contributed by atoms with E-state index in [0.29, 0.717) is 12.3 Å². The molecule has 2 heteroatoms. The van der Waals surface area contributed by atoms with E-state index in [1.165, 1.54) is 83.5 Å². The lowest BCUT2D eigenvalue weighted by Gasteiger charge is -2.11. The molecule has 0 radical (unpaired) electrons. The number of carboxylic acid groups (broad SMARTS) is 1. The van der Waals surface area contributed by atoms with E-state index in [0.717, 1.165) is 12.8 Å². The lowest BCUT2D eigenvalue weighted by molar-refractivity contribution is -0.138. The van der Waals surface area contributed by atoms with Crippen LogP contribution in [0.3, 0.4) is 0 Å². The summed E-state index contributed by atoms with van der Waals surface area (Å²) >= 11 is 0. The van der Waals surface area contributed by atoms with Gasteiger partial charge in [0.25, 0.3) is 0 Å². The molecule has 0 heterocycles. The quantitative estimate of drug-likeness (QED) is 0.294. The monoisotopic (exact) mass is 312 g/mol. The fourth-order valence-electron chi connectivity index (χ4n) is 3.15. The van der Waals surface area contributed by atoms with Crippen molar-refractivity contribution in [2.45, 2.75) is 117 Å². The topological polar surface area (TPSA) is 37.3 Å². The van der Waals surface area contributed by atoms with Gasteiger partial charge in [0.2, 0.25) is 0 Å². The van der Waals surface area contributed by atoms with Gasteiger partial charge < -0.3 is 5.11 Å². The van der Waals surface area contributed by atoms with Crippen molar-refractivity contribution in [3.8, 4) is 0 Å². The zero-order valence-corrected chi connectivity index (χ0v) is 15.2. The van der Waals surface area contributed by atoms with Crippen molar-refractivity contribution in [2.24, 2.45) is 5.92 Å². The minimum Gasteiger partial charge on any atom is -0.481 e. The van der Waals surface area contributed by atoms with Crippen molar-refractivity contribution < 1.29 is 9.90 Å². The lowest BCUT2D eigenvalue weighted by atomic mass is 9.95. The smallest absolute Gasteiger partial charge is 0.303 e. The first-order valence-corrected chi connectivity index (χ1v) is 9.92. The van der Waals surface area contributed by atoms with E-state index in [9.17, 15) is 4.79 Å². The first kappa shape index (κ1) is 21.5. The molecule has 0 saturated carbocycles. The van der Waals surface area contributed by atoms with Gasteiger partial charge in [-0.15, -0.1) is 0 Å². The summed E-state index contributed by atoms with van der Waals surface area (Å²) in [5, 5.41) is 8.82. The van der Waals surface area contributed by atoms with Crippen LogP contribution in [0.2, 0.25) is 0 Å². The molecular formula is C20H40O2. The molecule has 0 spiro atoms. The number of hydrogen-bond acceptors (Lipinski definition) is 1. The number of carbonyl (C=O) groups is 1. The average molecular weight is 313 g/mol. The summed E-state index contributed by atoms with van der Waals surface area (Å²) in [5.41, 5.74) is 0. The average Bonchev–Trinajstić information content (AvgIpc) is 2.50. The molecule has 1 N–H and O–H groups in total. The van der Waals surface area contributed by atoms with Gasteiger partial charge in [0.1, 0.15) is 0 Å². The Balaban J connectivity index is 3.18. The van der Waals surface area contributed by atoms with Gasteiger partial charge in [-0.1, -0.05) is 104 Å². The fourth-order valence-corrected chi connectivity index (χ4v) is 3.15. The Morgan fingerprint density at radius 3 is 1.50 bits per heavy atom. The summed E-state index contributed by atoms with van der Waals surface area (Å²) in [5.74, 6) is -0.244. The van der Waals surface area contributed by atoms with Crippen molar-refractivity contribution in [1.82, 2.24) is 0 Å². The highest BCUT2D eigenvalue weighted by atomic mass is 16.4. The zero-order valence-electron chi connectivity index (χ0n) is 15.2. The second-order valence-electron chi connectivity index (χ2n) is 6.90. The first-order chi connectivity index (χ1) is 10.7. The molecule has 0 aromatic carbocycles. The van der Waals surface area contributed by atoms with Crippen molar-refractivity contribution in [1.29, 1.82) is 0 Å². The zero-order chi connectivity index (χ0) is 16.5. The Labute approximate surface area is 139 Å². The van der Waals surface area contributed by atoms with Crippen LogP contribution < -0.4 is 0 Å². The molecule has 0 saturated heterocycles. The Kier molecular flexibility index (Phi) is 16.4. The van der Waals surface area contributed by atoms with Gasteiger partial charge in [0, 0.05) is 6.42 Å². The molecule has 2 nitrogen and oxygen atoms in total. The van der Waals surface area contributed by atoms with Crippen LogP contribution in [0.25, 0.3) is 0 Å². The van der Waals surface area contributed by atoms with Crippen LogP contribution in [-0.4, -0.2) is 11.1 Å². The van der Waals surface area contributed by atoms with E-state index >= 15 is 0 Å². The van der Waals surface area contributed by atoms with Crippen LogP contribution in [0.15, 0.2) is 0 Å². The maximum atomic E-state index is 10.7. The van der Waals surface area contributed by atoms with Crippen LogP contribution in [0.1, 0.15) is 117 Å². The Morgan fingerprint density at radius 2 is 1.14 bits per heavy atom. The van der Waals surface area contributed by atoms with Crippen molar-refractivity contribution >= 4 is 5.97 Å². The molecule has 132 valence electrons. The SMILES string of the molecule is CCCCCCCCCCCCCCCC(CC)CC(=O)O. The third-order valence-corrected chi connectivity index (χ3v) is 4.76. The van der Waals surface area contributed by atoms with Crippen molar-refractivity contribution in [3.05, 3.63) is 0 Å². The molecule has 1 unspecified atom stereocenters. The summed E-state index contributed by atoms with van der Waals surface area (Å²) in [4.78, 5) is 10.7. The minimum atomic E-state index is -0.637. The Bertz CT molecular complexity index is 238. The maximum absolute atomic E-state index is 10.7. The molecule has 0 fully saturated rings. The molecule has 0 aromatic rings. The maximum Gasteiger partial charge on any atom is 0.303 e. The molecule has 22 heavy (non-hydrogen) atoms. The number of hydrogen-bond donors (Lipinski definition) is 1. The molecule has 0 aliphatic heterocycles. The van der Waals surface area contributed by atoms with Crippen molar-refractivity contribution in [2.75, 3.05) is 0 Å². The molecule has 0 aliphatic rings. The van der Waals surface area contributed by atoms with E-state index in [1.807, 2.05) is 0 Å². The van der Waals surface area contributed by atoms with Crippen LogP contribution in [0.4, 0.5) is 0 Å². The van der Waals surface area contributed by atoms with Gasteiger partial charge in [-0.3, -0.25) is 4.79 Å². The molecule has 0 rings (SSSR count). The van der Waals surface area contributed by atoms with E-state index in [1.54, 1.807) is 0 Å². The van der Waals surface area contributed by atoms with Crippen LogP contribution in [-0.2, 0) is 4.79 Å². The predicted molar refractivity (Wildman–Crippen MR) is 96.3 cm³/mol. The summed E-state index contributed by atoms with van der Waals surface area (Å²) in [6.07, 6.45) is 20.3. The predicted octanol–water partition coefficient (Wildman–Crippen LogP) is 6.97. The molecule has 0 aliphatic carbocycles. The highest BCUT2D eigenvalue weighted by Gasteiger charge is 2.10. The van der Waals surface area contributed by atoms with Gasteiger partial charge in [-0.05, 0) is 12.3 Å². The standard InChI is InChI=1S/C20H40O2/c1-3-5-6-7-8-9-10-11-12-13-14-15-16-17-19(4-2)18-20(21)22/h19H,3-18H2,1-2H3,(H,21,22). The largest absolute Gasteiger partial charge is 0.481 e. The summed E-state index contributed by atoms with van der Waals surface area (Å²) < 4.78 is 0. The molecular weight excluding hydrogens is 272 g/mol. The van der Waals surface area contributed by atoms with E-state index in [-0.39, 0.29) is 0 Å². The summed E-state index contributed by atoms with van der Waals surface area (Å²) in [7, 11) is 0. The first-order valence-electron chi connectivity index (χ1n) is 9.92. The molecule has 0 amide bonds. The lowest BCUT2D eigenvalue weighted by Crippen LogP contribution is -2.06. The molecule has 0 bridgehead atoms. The fraction of sp³-hybridized carbons (Fsp3) is 0.950. The second kappa shape index (κ2) is 16.8. The molecule has 0 aromatic heterocycles. The van der Waals surface area contributed by atoms with Gasteiger partial charge in [-0.25, -0.2) is 0 Å². The highest BCUT2D eigenvalue weighted by Crippen LogP contribution is 2.18. The molecule has 1 atom stereocenters. The number of aliphatic carboxylic acids is 1. The Morgan fingerprint density at radius 1 is 0.727 bits per heavy atom. The van der Waals surface area contributed by atoms with Gasteiger partial charge in [0.05, 0.1) is 0 Å². The summed E-state index contributed by atoms with van der Waals surface area (Å²) in [6.45, 7) is 4.38. The number of carboxylic acids is 1. The third kappa shape index (κ3) is 15.9.